The number of aromatic nitrogens is 4. The number of hydrogen-bond donors (Lipinski definition) is 2. The first-order valence-corrected chi connectivity index (χ1v) is 8.01. The largest absolute Gasteiger partial charge is 0.387 e. The Balaban J connectivity index is 1.50. The number of nitrogens with zero attached hydrogens (tertiary/aromatic N) is 4. The summed E-state index contributed by atoms with van der Waals surface area (Å²) in [6.07, 6.45) is 4.00. The highest BCUT2D eigenvalue weighted by Gasteiger charge is 2.36. The molecule has 0 saturated carbocycles. The molecule has 3 heterocycles. The zero-order chi connectivity index (χ0) is 16.6. The number of likely N-dealkylation sites (tertiary alicyclic amines) is 1. The summed E-state index contributed by atoms with van der Waals surface area (Å²) in [5, 5.41) is 19.4. The van der Waals surface area contributed by atoms with E-state index in [-0.39, 0.29) is 5.56 Å². The number of hydrogen-bond acceptors (Lipinski definition) is 5. The molecule has 7 heteroatoms. The lowest BCUT2D eigenvalue weighted by Crippen LogP contribution is -2.38. The molecule has 1 aliphatic heterocycles. The van der Waals surface area contributed by atoms with Gasteiger partial charge < -0.3 is 10.1 Å². The van der Waals surface area contributed by atoms with Gasteiger partial charge in [0.1, 0.15) is 0 Å². The van der Waals surface area contributed by atoms with Gasteiger partial charge in [0.15, 0.2) is 0 Å². The Morgan fingerprint density at radius 3 is 3.04 bits per heavy atom. The standard InChI is InChI=1S/C17H19N5O2/c23-16-14(9-13-3-1-2-4-15(13)19-16)10-21-7-5-17(24,11-21)12-22-8-6-18-20-22/h1-4,6,8-9,24H,5,7,10-12H2,(H,19,23). The predicted molar refractivity (Wildman–Crippen MR) is 89.4 cm³/mol. The fourth-order valence-electron chi connectivity index (χ4n) is 3.37. The summed E-state index contributed by atoms with van der Waals surface area (Å²) in [4.78, 5) is 17.3. The van der Waals surface area contributed by atoms with Crippen molar-refractivity contribution in [3.8, 4) is 0 Å². The second-order valence-electron chi connectivity index (χ2n) is 6.50. The minimum Gasteiger partial charge on any atom is -0.387 e. The van der Waals surface area contributed by atoms with Crippen LogP contribution in [0.1, 0.15) is 12.0 Å². The molecule has 2 N–H and O–H groups in total. The molecule has 4 rings (SSSR count). The van der Waals surface area contributed by atoms with Gasteiger partial charge in [-0.15, -0.1) is 5.10 Å². The van der Waals surface area contributed by atoms with Gasteiger partial charge in [0.2, 0.25) is 0 Å². The Kier molecular flexibility index (Phi) is 3.66. The van der Waals surface area contributed by atoms with Crippen molar-refractivity contribution in [2.24, 2.45) is 0 Å². The van der Waals surface area contributed by atoms with Crippen LogP contribution in [-0.4, -0.2) is 48.7 Å². The first-order chi connectivity index (χ1) is 11.6. The van der Waals surface area contributed by atoms with Gasteiger partial charge in [-0.1, -0.05) is 23.4 Å². The summed E-state index contributed by atoms with van der Waals surface area (Å²) >= 11 is 0. The molecule has 0 aliphatic carbocycles. The quantitative estimate of drug-likeness (QED) is 0.739. The highest BCUT2D eigenvalue weighted by atomic mass is 16.3. The van der Waals surface area contributed by atoms with E-state index in [0.29, 0.717) is 26.1 Å². The van der Waals surface area contributed by atoms with Crippen LogP contribution >= 0.6 is 0 Å². The van der Waals surface area contributed by atoms with Crippen LogP contribution in [0.4, 0.5) is 0 Å². The molecule has 1 unspecified atom stereocenters. The van der Waals surface area contributed by atoms with Crippen molar-refractivity contribution < 1.29 is 5.11 Å². The minimum absolute atomic E-state index is 0.0691. The second kappa shape index (κ2) is 5.85. The van der Waals surface area contributed by atoms with E-state index in [2.05, 4.69) is 20.2 Å². The molecule has 24 heavy (non-hydrogen) atoms. The Hall–Kier alpha value is -2.51. The van der Waals surface area contributed by atoms with Crippen LogP contribution in [0.3, 0.4) is 0 Å². The van der Waals surface area contributed by atoms with Gasteiger partial charge in [0.05, 0.1) is 18.3 Å². The van der Waals surface area contributed by atoms with Crippen LogP contribution < -0.4 is 5.56 Å². The van der Waals surface area contributed by atoms with Gasteiger partial charge in [-0.2, -0.15) is 0 Å². The topological polar surface area (TPSA) is 87.0 Å². The Morgan fingerprint density at radius 2 is 2.21 bits per heavy atom. The van der Waals surface area contributed by atoms with Crippen molar-refractivity contribution in [1.29, 1.82) is 0 Å². The molecule has 0 spiro atoms. The number of fused-ring (bicyclic) bond motifs is 1. The molecule has 0 bridgehead atoms. The average Bonchev–Trinajstić information content (AvgIpc) is 3.18. The monoisotopic (exact) mass is 325 g/mol. The zero-order valence-electron chi connectivity index (χ0n) is 13.2. The van der Waals surface area contributed by atoms with E-state index < -0.39 is 5.60 Å². The van der Waals surface area contributed by atoms with Gasteiger partial charge in [-0.25, -0.2) is 4.68 Å². The van der Waals surface area contributed by atoms with E-state index in [0.717, 1.165) is 23.0 Å². The van der Waals surface area contributed by atoms with Crippen molar-refractivity contribution in [2.45, 2.75) is 25.1 Å². The van der Waals surface area contributed by atoms with Gasteiger partial charge in [-0.3, -0.25) is 9.69 Å². The minimum atomic E-state index is -0.836. The van der Waals surface area contributed by atoms with E-state index in [1.165, 1.54) is 0 Å². The third-order valence-electron chi connectivity index (χ3n) is 4.56. The number of aliphatic hydroxyl groups is 1. The number of H-pyrrole nitrogens is 1. The Bertz CT molecular complexity index is 905. The van der Waals surface area contributed by atoms with Crippen molar-refractivity contribution in [3.63, 3.8) is 0 Å². The van der Waals surface area contributed by atoms with Crippen LogP contribution in [-0.2, 0) is 13.1 Å². The molecule has 0 radical (unpaired) electrons. The van der Waals surface area contributed by atoms with Crippen molar-refractivity contribution >= 4 is 10.9 Å². The summed E-state index contributed by atoms with van der Waals surface area (Å²) in [7, 11) is 0. The van der Waals surface area contributed by atoms with Gasteiger partial charge in [0.25, 0.3) is 5.56 Å². The summed E-state index contributed by atoms with van der Waals surface area (Å²) in [6.45, 7) is 2.20. The molecule has 2 aromatic heterocycles. The maximum absolute atomic E-state index is 12.3. The highest BCUT2D eigenvalue weighted by molar-refractivity contribution is 5.78. The second-order valence-corrected chi connectivity index (χ2v) is 6.50. The summed E-state index contributed by atoms with van der Waals surface area (Å²) < 4.78 is 1.65. The lowest BCUT2D eigenvalue weighted by atomic mass is 10.0. The van der Waals surface area contributed by atoms with Crippen LogP contribution in [0.15, 0.2) is 47.5 Å². The van der Waals surface area contributed by atoms with Crippen molar-refractivity contribution in [2.75, 3.05) is 13.1 Å². The molecule has 1 atom stereocenters. The molecule has 1 fully saturated rings. The maximum Gasteiger partial charge on any atom is 0.252 e. The van der Waals surface area contributed by atoms with E-state index in [4.69, 9.17) is 0 Å². The highest BCUT2D eigenvalue weighted by Crippen LogP contribution is 2.24. The van der Waals surface area contributed by atoms with Gasteiger partial charge >= 0.3 is 0 Å². The van der Waals surface area contributed by atoms with E-state index in [9.17, 15) is 9.90 Å². The molecule has 1 saturated heterocycles. The first-order valence-electron chi connectivity index (χ1n) is 8.01. The molecule has 3 aromatic rings. The van der Waals surface area contributed by atoms with E-state index >= 15 is 0 Å². The first kappa shape index (κ1) is 15.0. The zero-order valence-corrected chi connectivity index (χ0v) is 13.2. The van der Waals surface area contributed by atoms with E-state index in [1.54, 1.807) is 17.1 Å². The summed E-state index contributed by atoms with van der Waals surface area (Å²) in [5.74, 6) is 0. The van der Waals surface area contributed by atoms with Crippen LogP contribution in [0.2, 0.25) is 0 Å². The van der Waals surface area contributed by atoms with Crippen molar-refractivity contribution in [3.05, 3.63) is 58.6 Å². The van der Waals surface area contributed by atoms with Crippen LogP contribution in [0.5, 0.6) is 0 Å². The van der Waals surface area contributed by atoms with Crippen LogP contribution in [0.25, 0.3) is 10.9 Å². The smallest absolute Gasteiger partial charge is 0.252 e. The lowest BCUT2D eigenvalue weighted by Gasteiger charge is -2.23. The SMILES string of the molecule is O=c1[nH]c2ccccc2cc1CN1CCC(O)(Cn2ccnn2)C1. The third-order valence-corrected chi connectivity index (χ3v) is 4.56. The summed E-state index contributed by atoms with van der Waals surface area (Å²) in [5.41, 5.74) is 0.659. The number of pyridine rings is 1. The summed E-state index contributed by atoms with van der Waals surface area (Å²) in [6, 6.07) is 9.68. The number of β-amino-alcohol motifs (C(OH)–C–C–N with tert-alkyl or cyclic N) is 1. The van der Waals surface area contributed by atoms with Gasteiger partial charge in [-0.05, 0) is 23.9 Å². The third kappa shape index (κ3) is 2.95. The molecule has 1 aromatic carbocycles. The average molecular weight is 325 g/mol. The molecule has 124 valence electrons. The number of rotatable bonds is 4. The lowest BCUT2D eigenvalue weighted by molar-refractivity contribution is 0.0274. The number of para-hydroxylation sites is 1. The van der Waals surface area contributed by atoms with Gasteiger partial charge in [0, 0.05) is 36.9 Å². The molecular formula is C17H19N5O2. The van der Waals surface area contributed by atoms with Crippen molar-refractivity contribution in [1.82, 2.24) is 24.9 Å². The Morgan fingerprint density at radius 1 is 1.33 bits per heavy atom. The number of nitrogens with one attached hydrogen (secondary N) is 1. The molecular weight excluding hydrogens is 306 g/mol. The molecule has 1 aliphatic rings. The Labute approximate surface area is 138 Å². The normalized spacial score (nSPS) is 21.5. The van der Waals surface area contributed by atoms with E-state index in [1.807, 2.05) is 30.3 Å². The molecule has 7 nitrogen and oxygen atoms in total. The van der Waals surface area contributed by atoms with Crippen LogP contribution in [0, 0.1) is 0 Å². The predicted octanol–water partition coefficient (Wildman–Crippen LogP) is 0.757. The number of benzene rings is 1. The number of aromatic amines is 1. The maximum atomic E-state index is 12.3. The fourth-order valence-corrected chi connectivity index (χ4v) is 3.37. The fraction of sp³-hybridized carbons (Fsp3) is 0.353. The molecule has 0 amide bonds.